The number of likely N-dealkylation sites (tertiary alicyclic amines) is 1. The molecule has 7 heteroatoms. The Morgan fingerprint density at radius 3 is 2.40 bits per heavy atom. The fraction of sp³-hybridized carbons (Fsp3) is 0.304. The van der Waals surface area contributed by atoms with E-state index in [0.717, 1.165) is 18.4 Å². The second-order valence-corrected chi connectivity index (χ2v) is 9.36. The van der Waals surface area contributed by atoms with Crippen LogP contribution in [0.5, 0.6) is 0 Å². The zero-order valence-corrected chi connectivity index (χ0v) is 17.9. The third-order valence-corrected chi connectivity index (χ3v) is 7.06. The summed E-state index contributed by atoms with van der Waals surface area (Å²) in [7, 11) is -3.70. The van der Waals surface area contributed by atoms with Crippen LogP contribution in [0.1, 0.15) is 41.3 Å². The SMILES string of the molecule is CC1=C(c2ccccc2)S(=O)(=O)N=C1N1CCC(NC(=O)c2cccc(C)c2)CC1. The molecule has 0 bridgehead atoms. The number of carbonyl (C=O) groups is 1. The normalized spacial score (nSPS) is 19.0. The summed E-state index contributed by atoms with van der Waals surface area (Å²) in [5.41, 5.74) is 3.06. The van der Waals surface area contributed by atoms with Gasteiger partial charge in [-0.15, -0.1) is 4.40 Å². The third-order valence-electron chi connectivity index (χ3n) is 5.59. The molecule has 4 rings (SSSR count). The molecule has 0 saturated carbocycles. The van der Waals surface area contributed by atoms with Crippen LogP contribution in [-0.2, 0) is 10.0 Å². The fourth-order valence-corrected chi connectivity index (χ4v) is 5.55. The van der Waals surface area contributed by atoms with Gasteiger partial charge in [0, 0.05) is 30.3 Å². The number of hydrogen-bond donors (Lipinski definition) is 1. The maximum Gasteiger partial charge on any atom is 0.285 e. The molecule has 2 aliphatic heterocycles. The average Bonchev–Trinajstić information content (AvgIpc) is 2.98. The summed E-state index contributed by atoms with van der Waals surface area (Å²) < 4.78 is 29.5. The maximum absolute atomic E-state index is 12.7. The van der Waals surface area contributed by atoms with Gasteiger partial charge in [0.05, 0.1) is 0 Å². The van der Waals surface area contributed by atoms with E-state index in [0.29, 0.717) is 35.6 Å². The Balaban J connectivity index is 1.44. The molecule has 0 radical (unpaired) electrons. The summed E-state index contributed by atoms with van der Waals surface area (Å²) in [4.78, 5) is 14.8. The zero-order valence-electron chi connectivity index (χ0n) is 17.1. The van der Waals surface area contributed by atoms with Gasteiger partial charge in [0.25, 0.3) is 15.9 Å². The van der Waals surface area contributed by atoms with Gasteiger partial charge in [-0.25, -0.2) is 0 Å². The van der Waals surface area contributed by atoms with Crippen molar-refractivity contribution in [2.75, 3.05) is 13.1 Å². The number of amidine groups is 1. The van der Waals surface area contributed by atoms with E-state index in [2.05, 4.69) is 9.71 Å². The molecule has 1 N–H and O–H groups in total. The molecule has 0 unspecified atom stereocenters. The van der Waals surface area contributed by atoms with E-state index in [1.54, 1.807) is 12.1 Å². The number of hydrogen-bond acceptors (Lipinski definition) is 4. The van der Waals surface area contributed by atoms with Crippen molar-refractivity contribution in [3.05, 3.63) is 76.9 Å². The number of nitrogens with one attached hydrogen (secondary N) is 1. The molecule has 2 heterocycles. The number of rotatable bonds is 3. The lowest BCUT2D eigenvalue weighted by atomic mass is 10.0. The second kappa shape index (κ2) is 8.07. The van der Waals surface area contributed by atoms with E-state index in [1.165, 1.54) is 0 Å². The molecule has 2 aliphatic rings. The summed E-state index contributed by atoms with van der Waals surface area (Å²) in [6.45, 7) is 5.07. The number of nitrogens with zero attached hydrogens (tertiary/aromatic N) is 2. The summed E-state index contributed by atoms with van der Waals surface area (Å²) >= 11 is 0. The van der Waals surface area contributed by atoms with E-state index >= 15 is 0 Å². The highest BCUT2D eigenvalue weighted by Crippen LogP contribution is 2.34. The number of benzene rings is 2. The van der Waals surface area contributed by atoms with Crippen LogP contribution in [0, 0.1) is 6.92 Å². The van der Waals surface area contributed by atoms with Crippen molar-refractivity contribution in [1.29, 1.82) is 0 Å². The van der Waals surface area contributed by atoms with Crippen LogP contribution in [0.3, 0.4) is 0 Å². The summed E-state index contributed by atoms with van der Waals surface area (Å²) in [5.74, 6) is 0.456. The smallest absolute Gasteiger partial charge is 0.285 e. The van der Waals surface area contributed by atoms with Gasteiger partial charge in [0.15, 0.2) is 0 Å². The van der Waals surface area contributed by atoms with E-state index in [1.807, 2.05) is 61.2 Å². The lowest BCUT2D eigenvalue weighted by molar-refractivity contribution is 0.0922. The van der Waals surface area contributed by atoms with Crippen LogP contribution >= 0.6 is 0 Å². The van der Waals surface area contributed by atoms with Gasteiger partial charge in [-0.1, -0.05) is 48.0 Å². The van der Waals surface area contributed by atoms with Crippen LogP contribution in [-0.4, -0.2) is 44.2 Å². The second-order valence-electron chi connectivity index (χ2n) is 7.81. The Morgan fingerprint density at radius 2 is 1.73 bits per heavy atom. The van der Waals surface area contributed by atoms with Crippen LogP contribution in [0.4, 0.5) is 0 Å². The van der Waals surface area contributed by atoms with Gasteiger partial charge in [-0.2, -0.15) is 8.42 Å². The van der Waals surface area contributed by atoms with Gasteiger partial charge < -0.3 is 10.2 Å². The molecule has 1 saturated heterocycles. The first-order valence-corrected chi connectivity index (χ1v) is 11.5. The summed E-state index contributed by atoms with van der Waals surface area (Å²) in [6, 6.07) is 16.7. The third kappa shape index (κ3) is 4.03. The zero-order chi connectivity index (χ0) is 21.3. The average molecular weight is 424 g/mol. The molecule has 1 fully saturated rings. The molecule has 1 amide bonds. The van der Waals surface area contributed by atoms with Crippen molar-refractivity contribution in [2.24, 2.45) is 4.40 Å². The van der Waals surface area contributed by atoms with Crippen molar-refractivity contribution in [3.8, 4) is 0 Å². The van der Waals surface area contributed by atoms with Crippen LogP contribution in [0.2, 0.25) is 0 Å². The molecule has 2 aromatic rings. The Kier molecular flexibility index (Phi) is 5.47. The van der Waals surface area contributed by atoms with Crippen LogP contribution in [0.15, 0.2) is 64.6 Å². The summed E-state index contributed by atoms with van der Waals surface area (Å²) in [6.07, 6.45) is 1.48. The highest BCUT2D eigenvalue weighted by molar-refractivity contribution is 8.00. The van der Waals surface area contributed by atoms with Gasteiger partial charge in [0.1, 0.15) is 10.7 Å². The monoisotopic (exact) mass is 423 g/mol. The predicted octanol–water partition coefficient (Wildman–Crippen LogP) is 3.36. The predicted molar refractivity (Wildman–Crippen MR) is 119 cm³/mol. The van der Waals surface area contributed by atoms with Gasteiger partial charge in [0.2, 0.25) is 0 Å². The molecular formula is C23H25N3O3S. The molecule has 0 aliphatic carbocycles. The van der Waals surface area contributed by atoms with Crippen molar-refractivity contribution < 1.29 is 13.2 Å². The van der Waals surface area contributed by atoms with Crippen LogP contribution < -0.4 is 5.32 Å². The molecule has 0 aromatic heterocycles. The molecule has 6 nitrogen and oxygen atoms in total. The molecule has 30 heavy (non-hydrogen) atoms. The molecule has 156 valence electrons. The lowest BCUT2D eigenvalue weighted by Gasteiger charge is -2.33. The molecule has 2 aromatic carbocycles. The van der Waals surface area contributed by atoms with Gasteiger partial charge in [-0.05, 0) is 44.4 Å². The fourth-order valence-electron chi connectivity index (χ4n) is 4.06. The Bertz CT molecular complexity index is 1130. The standard InChI is InChI=1S/C23H25N3O3S/c1-16-7-6-10-19(15-16)23(27)24-20-11-13-26(14-12-20)22-17(2)21(30(28,29)25-22)18-8-4-3-5-9-18/h3-10,15,20H,11-14H2,1-2H3,(H,24,27). The maximum atomic E-state index is 12.7. The number of amides is 1. The van der Waals surface area contributed by atoms with Crippen molar-refractivity contribution >= 4 is 26.7 Å². The Labute approximate surface area is 177 Å². The van der Waals surface area contributed by atoms with Gasteiger partial charge in [-0.3, -0.25) is 4.79 Å². The largest absolute Gasteiger partial charge is 0.356 e. The Morgan fingerprint density at radius 1 is 1.03 bits per heavy atom. The van der Waals surface area contributed by atoms with E-state index in [-0.39, 0.29) is 16.9 Å². The first kappa shape index (κ1) is 20.3. The van der Waals surface area contributed by atoms with Gasteiger partial charge >= 0.3 is 0 Å². The topological polar surface area (TPSA) is 78.8 Å². The van der Waals surface area contributed by atoms with Crippen molar-refractivity contribution in [2.45, 2.75) is 32.7 Å². The molecular weight excluding hydrogens is 398 g/mol. The first-order valence-electron chi connectivity index (χ1n) is 10.1. The minimum Gasteiger partial charge on any atom is -0.356 e. The first-order chi connectivity index (χ1) is 14.3. The highest BCUT2D eigenvalue weighted by atomic mass is 32.2. The Hall–Kier alpha value is -2.93. The van der Waals surface area contributed by atoms with E-state index < -0.39 is 10.0 Å². The number of sulfonamides is 1. The van der Waals surface area contributed by atoms with Crippen LogP contribution in [0.25, 0.3) is 4.91 Å². The number of piperidine rings is 1. The lowest BCUT2D eigenvalue weighted by Crippen LogP contribution is -2.46. The van der Waals surface area contributed by atoms with Crippen molar-refractivity contribution in [3.63, 3.8) is 0 Å². The minimum atomic E-state index is -3.70. The highest BCUT2D eigenvalue weighted by Gasteiger charge is 2.34. The van der Waals surface area contributed by atoms with E-state index in [4.69, 9.17) is 0 Å². The number of aryl methyl sites for hydroxylation is 1. The van der Waals surface area contributed by atoms with E-state index in [9.17, 15) is 13.2 Å². The molecule has 0 spiro atoms. The summed E-state index contributed by atoms with van der Waals surface area (Å²) in [5, 5.41) is 3.10. The quantitative estimate of drug-likeness (QED) is 0.821. The minimum absolute atomic E-state index is 0.0609. The van der Waals surface area contributed by atoms with Crippen molar-refractivity contribution in [1.82, 2.24) is 10.2 Å². The molecule has 0 atom stereocenters. The number of carbonyl (C=O) groups excluding carboxylic acids is 1.